The van der Waals surface area contributed by atoms with Crippen LogP contribution in [-0.2, 0) is 37.9 Å². The lowest BCUT2D eigenvalue weighted by atomic mass is 9.45. The minimum absolute atomic E-state index is 0.00107. The monoisotopic (exact) mass is 1060 g/mol. The second kappa shape index (κ2) is 15.6. The number of benzene rings is 7. The molecular formula is C73H77BN2O2S. The Kier molecular flexibility index (Phi) is 9.83. The molecule has 2 aliphatic heterocycles. The third kappa shape index (κ3) is 6.85. The third-order valence-electron chi connectivity index (χ3n) is 21.1. The summed E-state index contributed by atoms with van der Waals surface area (Å²) in [5.74, 6) is 0. The van der Waals surface area contributed by atoms with Crippen molar-refractivity contribution in [2.45, 2.75) is 187 Å². The third-order valence-corrected chi connectivity index (χ3v) is 22.2. The van der Waals surface area contributed by atoms with Gasteiger partial charge < -0.3 is 18.5 Å². The summed E-state index contributed by atoms with van der Waals surface area (Å²) in [5.41, 5.74) is 24.9. The predicted molar refractivity (Wildman–Crippen MR) is 339 cm³/mol. The first-order chi connectivity index (χ1) is 37.1. The minimum Gasteiger partial charge on any atom is -0.466 e. The van der Waals surface area contributed by atoms with Crippen LogP contribution in [0.5, 0.6) is 0 Å². The fourth-order valence-electron chi connectivity index (χ4n) is 15.7. The molecule has 3 aliphatic carbocycles. The number of hydrogen-bond donors (Lipinski definition) is 0. The van der Waals surface area contributed by atoms with Crippen LogP contribution in [-0.4, -0.2) is 6.85 Å². The second-order valence-electron chi connectivity index (χ2n) is 30.1. The van der Waals surface area contributed by atoms with Crippen LogP contribution in [0.3, 0.4) is 0 Å². The molecule has 6 heteroatoms. The number of rotatable bonds is 2. The van der Waals surface area contributed by atoms with Crippen LogP contribution in [0.25, 0.3) is 64.2 Å². The maximum Gasteiger partial charge on any atom is 0.376 e. The molecule has 0 fully saturated rings. The Morgan fingerprint density at radius 3 is 1.61 bits per heavy atom. The van der Waals surface area contributed by atoms with E-state index >= 15 is 0 Å². The van der Waals surface area contributed by atoms with Crippen LogP contribution in [0.4, 0.5) is 28.4 Å². The molecule has 5 heterocycles. The average Bonchev–Trinajstić information content (AvgIpc) is 3.00. The molecule has 15 rings (SSSR count). The van der Waals surface area contributed by atoms with E-state index < -0.39 is 0 Å². The van der Waals surface area contributed by atoms with E-state index in [9.17, 15) is 0 Å². The molecule has 0 saturated carbocycles. The Hall–Kier alpha value is -6.24. The summed E-state index contributed by atoms with van der Waals surface area (Å²) >= 11 is 1.96. The molecule has 7 aromatic carbocycles. The normalized spacial score (nSPS) is 19.9. The highest BCUT2D eigenvalue weighted by molar-refractivity contribution is 7.26. The molecule has 0 bridgehead atoms. The molecule has 3 aromatic heterocycles. The van der Waals surface area contributed by atoms with Crippen molar-refractivity contribution in [3.63, 3.8) is 0 Å². The van der Waals surface area contributed by atoms with E-state index in [2.05, 4.69) is 224 Å². The first-order valence-electron chi connectivity index (χ1n) is 29.6. The summed E-state index contributed by atoms with van der Waals surface area (Å²) < 4.78 is 18.0. The van der Waals surface area contributed by atoms with Gasteiger partial charge in [0.2, 0.25) is 0 Å². The highest BCUT2D eigenvalue weighted by Gasteiger charge is 2.52. The van der Waals surface area contributed by atoms with Gasteiger partial charge in [-0.05, 0) is 206 Å². The smallest absolute Gasteiger partial charge is 0.376 e. The van der Waals surface area contributed by atoms with Gasteiger partial charge in [0.1, 0.15) is 16.8 Å². The summed E-state index contributed by atoms with van der Waals surface area (Å²) in [6.07, 6.45) is 6.93. The van der Waals surface area contributed by atoms with Crippen molar-refractivity contribution >= 4 is 111 Å². The van der Waals surface area contributed by atoms with Crippen molar-refractivity contribution in [1.29, 1.82) is 0 Å². The molecule has 0 saturated heterocycles. The zero-order chi connectivity index (χ0) is 55.2. The van der Waals surface area contributed by atoms with E-state index in [0.29, 0.717) is 0 Å². The van der Waals surface area contributed by atoms with Gasteiger partial charge in [0.05, 0.1) is 11.4 Å². The van der Waals surface area contributed by atoms with E-state index in [4.69, 9.17) is 8.83 Å². The number of thiophene rings is 1. The Morgan fingerprint density at radius 1 is 0.468 bits per heavy atom. The molecular weight excluding hydrogens is 980 g/mol. The molecule has 0 unspecified atom stereocenters. The van der Waals surface area contributed by atoms with Gasteiger partial charge >= 0.3 is 6.85 Å². The molecule has 0 atom stereocenters. The van der Waals surface area contributed by atoms with E-state index in [1.54, 1.807) is 0 Å². The Morgan fingerprint density at radius 2 is 0.987 bits per heavy atom. The number of anilines is 5. The van der Waals surface area contributed by atoms with Crippen LogP contribution in [0, 0.1) is 6.92 Å². The van der Waals surface area contributed by atoms with Crippen LogP contribution < -0.4 is 20.8 Å². The number of aryl methyl sites for hydroxylation is 1. The van der Waals surface area contributed by atoms with Gasteiger partial charge in [-0.2, -0.15) is 0 Å². The van der Waals surface area contributed by atoms with E-state index in [1.165, 1.54) is 111 Å². The van der Waals surface area contributed by atoms with Crippen molar-refractivity contribution in [3.8, 4) is 11.1 Å². The average molecular weight is 1060 g/mol. The van der Waals surface area contributed by atoms with Gasteiger partial charge in [0.15, 0.2) is 5.58 Å². The summed E-state index contributed by atoms with van der Waals surface area (Å²) in [6, 6.07) is 41.2. The first-order valence-corrected chi connectivity index (χ1v) is 30.5. The Bertz CT molecular complexity index is 4330. The van der Waals surface area contributed by atoms with Crippen LogP contribution in [0.1, 0.15) is 187 Å². The standard InChI is InChI=1S/C73H77BN2O2S/c1-40-31-50-53(71(11,12)28-25-68(50,5)6)36-56(40)75-63-49-35-52-54(72(13,14)29-26-70(52,9)10)37-59(49)78-66(63)74-62-47(33-48-43-19-17-18-20-58(43)77-65(48)64(62)75)44-32-45-46-34-51-55(73(15,16)30-27-69(51,7)8)38-60(46)79-61(45)39-57(44)76(74)42-23-21-41(22-24-42)67(2,3)4/h17-24,31-39H,25-30H2,1-16H3. The van der Waals surface area contributed by atoms with Crippen LogP contribution >= 0.6 is 11.3 Å². The molecule has 400 valence electrons. The number of hydrogen-bond acceptors (Lipinski definition) is 5. The number of fused-ring (bicyclic) bond motifs is 16. The fraction of sp³-hybridized carbons (Fsp3) is 0.397. The van der Waals surface area contributed by atoms with Gasteiger partial charge in [-0.1, -0.05) is 140 Å². The zero-order valence-corrected chi connectivity index (χ0v) is 50.6. The molecule has 4 nitrogen and oxygen atoms in total. The second-order valence-corrected chi connectivity index (χ2v) is 31.2. The van der Waals surface area contributed by atoms with Gasteiger partial charge in [0.25, 0.3) is 0 Å². The molecule has 0 amide bonds. The number of furan rings is 2. The van der Waals surface area contributed by atoms with Gasteiger partial charge in [0, 0.05) is 59.0 Å². The predicted octanol–water partition coefficient (Wildman–Crippen LogP) is 20.1. The van der Waals surface area contributed by atoms with E-state index in [1.807, 2.05) is 11.3 Å². The lowest BCUT2D eigenvalue weighted by molar-refractivity contribution is 0.332. The van der Waals surface area contributed by atoms with Gasteiger partial charge in [-0.15, -0.1) is 11.3 Å². The molecule has 0 N–H and O–H groups in total. The number of nitrogens with zero attached hydrogens (tertiary/aromatic N) is 2. The van der Waals surface area contributed by atoms with Crippen molar-refractivity contribution in [3.05, 3.63) is 148 Å². The Labute approximate surface area is 472 Å². The first kappa shape index (κ1) is 49.8. The SMILES string of the molecule is Cc1cc2c(cc1N1c3c(oc4cc5c(cc34)C(C)(C)CCC5(C)C)B3c4c(cc5c(oc6ccccc65)c41)-c1cc4c(cc1N3c1ccc(C(C)(C)C)cc1)sc1cc3c(cc14)C(C)(C)CCC3(C)C)C(C)(C)CCC2(C)C. The van der Waals surface area contributed by atoms with Crippen molar-refractivity contribution in [2.24, 2.45) is 0 Å². The van der Waals surface area contributed by atoms with Crippen LogP contribution in [0.2, 0.25) is 0 Å². The molecule has 79 heavy (non-hydrogen) atoms. The quantitative estimate of drug-likeness (QED) is 0.162. The van der Waals surface area contributed by atoms with Gasteiger partial charge in [-0.25, -0.2) is 0 Å². The van der Waals surface area contributed by atoms with E-state index in [0.717, 1.165) is 75.9 Å². The zero-order valence-electron chi connectivity index (χ0n) is 49.8. The lowest BCUT2D eigenvalue weighted by Crippen LogP contribution is -2.61. The van der Waals surface area contributed by atoms with Crippen molar-refractivity contribution in [2.75, 3.05) is 9.71 Å². The topological polar surface area (TPSA) is 32.8 Å². The summed E-state index contributed by atoms with van der Waals surface area (Å²) in [7, 11) is 0. The highest BCUT2D eigenvalue weighted by atomic mass is 32.1. The lowest BCUT2D eigenvalue weighted by Gasteiger charge is -2.45. The van der Waals surface area contributed by atoms with Crippen molar-refractivity contribution < 1.29 is 8.83 Å². The highest BCUT2D eigenvalue weighted by Crippen LogP contribution is 2.58. The summed E-state index contributed by atoms with van der Waals surface area (Å²) in [6.45, 7) is 38.5. The molecule has 5 aliphatic rings. The molecule has 0 radical (unpaired) electrons. The van der Waals surface area contributed by atoms with Crippen LogP contribution in [0.15, 0.2) is 112 Å². The minimum atomic E-state index is -0.332. The summed E-state index contributed by atoms with van der Waals surface area (Å²) in [4.78, 5) is 5.32. The van der Waals surface area contributed by atoms with Gasteiger partial charge in [-0.3, -0.25) is 0 Å². The fourth-order valence-corrected chi connectivity index (χ4v) is 16.8. The summed E-state index contributed by atoms with van der Waals surface area (Å²) in [5, 5.41) is 6.14. The number of para-hydroxylation sites is 1. The largest absolute Gasteiger partial charge is 0.466 e. The van der Waals surface area contributed by atoms with E-state index in [-0.39, 0.29) is 44.8 Å². The molecule has 10 aromatic rings. The Balaban J connectivity index is 1.13. The molecule has 0 spiro atoms. The maximum absolute atomic E-state index is 7.88. The van der Waals surface area contributed by atoms with Crippen molar-refractivity contribution in [1.82, 2.24) is 0 Å². The maximum atomic E-state index is 7.88.